The SMILES string of the molecule is CC1=CC2=C(C=CC=CC2c2ccccc2)[CH]1[Zr+2]([CH3])([CH2]Cl)[CH]1C(C)=CC2=C1C=CC=CC2c1ccccc1.[Cl-].[Cl-].[SiH4]. The van der Waals surface area contributed by atoms with E-state index in [4.69, 9.17) is 11.6 Å². The van der Waals surface area contributed by atoms with Crippen molar-refractivity contribution in [2.45, 2.75) is 37.6 Å². The van der Waals surface area contributed by atoms with Gasteiger partial charge in [0.05, 0.1) is 0 Å². The van der Waals surface area contributed by atoms with Gasteiger partial charge in [-0.1, -0.05) is 0 Å². The molecular formula is C36H39Cl3SiZr. The maximum Gasteiger partial charge on any atom is -0.0149 e. The summed E-state index contributed by atoms with van der Waals surface area (Å²) in [7, 11) is 0. The first-order chi connectivity index (χ1) is 18.5. The molecule has 0 N–H and O–H groups in total. The standard InChI is InChI=1S/2C17H15.CH2Cl.CH3.2ClH.H4Si.Zr/c2*1-13-11-15-9-5-6-10-16(17(15)12-13)14-7-3-2-4-8-14;1-2;;;;;/h2*2-12,16H,1H3;1H2;1H3;2*1H;1H4;/q;;;;;;;+2/p-2. The molecule has 2 aromatic carbocycles. The van der Waals surface area contributed by atoms with E-state index in [1.54, 1.807) is 0 Å². The Morgan fingerprint density at radius 3 is 1.37 bits per heavy atom. The summed E-state index contributed by atoms with van der Waals surface area (Å²) in [4.78, 5) is 0. The van der Waals surface area contributed by atoms with E-state index in [1.165, 1.54) is 44.6 Å². The fourth-order valence-corrected chi connectivity index (χ4v) is 21.1. The third-order valence-electron chi connectivity index (χ3n) is 8.94. The predicted octanol–water partition coefficient (Wildman–Crippen LogP) is 2.85. The Morgan fingerprint density at radius 2 is 1.00 bits per heavy atom. The molecule has 4 aliphatic rings. The molecule has 41 heavy (non-hydrogen) atoms. The molecule has 0 saturated carbocycles. The minimum absolute atomic E-state index is 0. The summed E-state index contributed by atoms with van der Waals surface area (Å²) in [5, 5.41) is 0. The summed E-state index contributed by atoms with van der Waals surface area (Å²) in [5.41, 5.74) is 11.7. The Labute approximate surface area is 272 Å². The Balaban J connectivity index is 0.00000154. The van der Waals surface area contributed by atoms with Crippen molar-refractivity contribution in [3.63, 3.8) is 0 Å². The fraction of sp³-hybridized carbons (Fsp3) is 0.222. The molecule has 2 aromatic rings. The number of hydrogen-bond donors (Lipinski definition) is 0. The van der Waals surface area contributed by atoms with E-state index < -0.39 is 20.3 Å². The third-order valence-corrected chi connectivity index (χ3v) is 24.0. The summed E-state index contributed by atoms with van der Waals surface area (Å²) >= 11 is 4.00. The van der Waals surface area contributed by atoms with Crippen LogP contribution in [0, 0.1) is 0 Å². The fourth-order valence-electron chi connectivity index (χ4n) is 7.42. The van der Waals surface area contributed by atoms with Crippen molar-refractivity contribution in [2.24, 2.45) is 0 Å². The summed E-state index contributed by atoms with van der Waals surface area (Å²) in [6.07, 6.45) is 23.5. The predicted molar refractivity (Wildman–Crippen MR) is 172 cm³/mol. The first kappa shape index (κ1) is 33.8. The van der Waals surface area contributed by atoms with E-state index in [9.17, 15) is 0 Å². The van der Waals surface area contributed by atoms with Crippen LogP contribution >= 0.6 is 11.6 Å². The van der Waals surface area contributed by atoms with Gasteiger partial charge in [-0.05, 0) is 11.0 Å². The van der Waals surface area contributed by atoms with E-state index in [0.29, 0.717) is 7.25 Å². The Hall–Kier alpha value is -1.67. The van der Waals surface area contributed by atoms with Gasteiger partial charge in [0.2, 0.25) is 0 Å². The molecule has 0 aromatic heterocycles. The molecule has 0 heterocycles. The molecule has 4 unspecified atom stereocenters. The molecule has 0 amide bonds. The van der Waals surface area contributed by atoms with Gasteiger partial charge >= 0.3 is 239 Å². The number of allylic oxidation sites excluding steroid dienone is 16. The van der Waals surface area contributed by atoms with Crippen molar-refractivity contribution in [1.82, 2.24) is 0 Å². The Bertz CT molecular complexity index is 1380. The molecule has 0 bridgehead atoms. The van der Waals surface area contributed by atoms with Gasteiger partial charge < -0.3 is 24.8 Å². The van der Waals surface area contributed by atoms with Crippen LogP contribution in [0.15, 0.2) is 155 Å². The summed E-state index contributed by atoms with van der Waals surface area (Å²) in [5.74, 6) is 0.567. The van der Waals surface area contributed by atoms with Crippen LogP contribution < -0.4 is 24.8 Å². The average Bonchev–Trinajstić information content (AvgIpc) is 3.26. The van der Waals surface area contributed by atoms with E-state index in [-0.39, 0.29) is 47.6 Å². The van der Waals surface area contributed by atoms with Crippen molar-refractivity contribution < 1.29 is 45.1 Å². The van der Waals surface area contributed by atoms with Gasteiger partial charge in [-0.2, -0.15) is 0 Å². The van der Waals surface area contributed by atoms with Crippen LogP contribution in [0.2, 0.25) is 11.9 Å². The van der Waals surface area contributed by atoms with Crippen LogP contribution in [0.3, 0.4) is 0 Å². The zero-order valence-corrected chi connectivity index (χ0v) is 27.9. The quantitative estimate of drug-likeness (QED) is 0.334. The molecule has 0 aliphatic heterocycles. The Kier molecular flexibility index (Phi) is 11.7. The van der Waals surface area contributed by atoms with Crippen molar-refractivity contribution in [3.05, 3.63) is 166 Å². The first-order valence-electron chi connectivity index (χ1n) is 13.7. The zero-order valence-electron chi connectivity index (χ0n) is 23.2. The number of rotatable bonds is 5. The van der Waals surface area contributed by atoms with Gasteiger partial charge in [-0.3, -0.25) is 0 Å². The number of benzene rings is 2. The minimum Gasteiger partial charge on any atom is -1.00 e. The van der Waals surface area contributed by atoms with Crippen LogP contribution in [-0.2, 0) is 20.3 Å². The molecule has 0 fully saturated rings. The van der Waals surface area contributed by atoms with Crippen LogP contribution in [0.1, 0.15) is 36.8 Å². The van der Waals surface area contributed by atoms with Gasteiger partial charge in [0.1, 0.15) is 0 Å². The molecule has 6 rings (SSSR count). The normalized spacial score (nSPS) is 24.7. The maximum atomic E-state index is 7.16. The molecule has 5 heteroatoms. The van der Waals surface area contributed by atoms with Gasteiger partial charge in [-0.15, -0.1) is 0 Å². The summed E-state index contributed by atoms with van der Waals surface area (Å²) in [6.45, 7) is 4.72. The van der Waals surface area contributed by atoms with Crippen LogP contribution in [-0.4, -0.2) is 14.6 Å². The smallest absolute Gasteiger partial charge is 0.0149 e. The maximum absolute atomic E-state index is 7.16. The van der Waals surface area contributed by atoms with E-state index in [0.717, 1.165) is 3.59 Å². The summed E-state index contributed by atoms with van der Waals surface area (Å²) < 4.78 is 4.34. The zero-order chi connectivity index (χ0) is 26.3. The summed E-state index contributed by atoms with van der Waals surface area (Å²) in [6, 6.07) is 21.9. The largest absolute Gasteiger partial charge is 1.00 e. The van der Waals surface area contributed by atoms with Crippen LogP contribution in [0.4, 0.5) is 0 Å². The molecule has 0 saturated heterocycles. The third kappa shape index (κ3) is 6.07. The number of halogens is 3. The monoisotopic (exact) mass is 694 g/mol. The molecule has 212 valence electrons. The van der Waals surface area contributed by atoms with E-state index in [1.807, 2.05) is 0 Å². The number of alkyl halides is 1. The van der Waals surface area contributed by atoms with Crippen molar-refractivity contribution in [2.75, 3.05) is 3.59 Å². The molecule has 4 atom stereocenters. The van der Waals surface area contributed by atoms with E-state index in [2.05, 4.69) is 140 Å². The topological polar surface area (TPSA) is 0 Å². The van der Waals surface area contributed by atoms with Crippen molar-refractivity contribution in [1.29, 1.82) is 0 Å². The van der Waals surface area contributed by atoms with Gasteiger partial charge in [-0.25, -0.2) is 0 Å². The Morgan fingerprint density at radius 1 is 0.610 bits per heavy atom. The van der Waals surface area contributed by atoms with Crippen LogP contribution in [0.25, 0.3) is 0 Å². The average molecular weight is 697 g/mol. The van der Waals surface area contributed by atoms with Crippen LogP contribution in [0.5, 0.6) is 0 Å². The van der Waals surface area contributed by atoms with E-state index >= 15 is 0 Å². The minimum atomic E-state index is -3.16. The van der Waals surface area contributed by atoms with Crippen molar-refractivity contribution in [3.8, 4) is 0 Å². The van der Waals surface area contributed by atoms with Crippen molar-refractivity contribution >= 4 is 22.6 Å². The second kappa shape index (κ2) is 14.2. The van der Waals surface area contributed by atoms with Gasteiger partial charge in [0.25, 0.3) is 0 Å². The van der Waals surface area contributed by atoms with Gasteiger partial charge in [0, 0.05) is 0 Å². The molecular weight excluding hydrogens is 658 g/mol. The molecule has 0 nitrogen and oxygen atoms in total. The first-order valence-corrected chi connectivity index (χ1v) is 21.3. The molecule has 4 aliphatic carbocycles. The second-order valence-electron chi connectivity index (χ2n) is 11.4. The molecule has 0 spiro atoms. The second-order valence-corrected chi connectivity index (χ2v) is 23.8. The number of hydrogen-bond acceptors (Lipinski definition) is 0. The molecule has 0 radical (unpaired) electrons. The van der Waals surface area contributed by atoms with Gasteiger partial charge in [0.15, 0.2) is 0 Å².